The van der Waals surface area contributed by atoms with E-state index in [1.54, 1.807) is 0 Å². The van der Waals surface area contributed by atoms with Crippen molar-refractivity contribution in [3.05, 3.63) is 0 Å². The minimum atomic E-state index is -4.93. The third-order valence-corrected chi connectivity index (χ3v) is 2.40. The fourth-order valence-electron chi connectivity index (χ4n) is 1.58. The number of methoxy groups -OCH3 is 2. The van der Waals surface area contributed by atoms with Crippen molar-refractivity contribution in [1.82, 2.24) is 0 Å². The summed E-state index contributed by atoms with van der Waals surface area (Å²) < 4.78 is 82.0. The zero-order valence-electron chi connectivity index (χ0n) is 10.5. The molecule has 0 spiro atoms. The summed E-state index contributed by atoms with van der Waals surface area (Å²) in [5, 5.41) is 0. The second-order valence-corrected chi connectivity index (χ2v) is 3.90. The smallest absolute Gasteiger partial charge is 0.389 e. The van der Waals surface area contributed by atoms with Gasteiger partial charge in [-0.1, -0.05) is 0 Å². The van der Waals surface area contributed by atoms with E-state index in [4.69, 9.17) is 0 Å². The lowest BCUT2D eigenvalue weighted by molar-refractivity contribution is -0.189. The predicted octanol–water partition coefficient (Wildman–Crippen LogP) is 2.47. The van der Waals surface area contributed by atoms with Gasteiger partial charge in [0.05, 0.1) is 38.9 Å². The third-order valence-electron chi connectivity index (χ3n) is 2.40. The lowest BCUT2D eigenvalue weighted by Gasteiger charge is -2.24. The summed E-state index contributed by atoms with van der Waals surface area (Å²) in [7, 11) is 1.43. The van der Waals surface area contributed by atoms with Crippen LogP contribution in [-0.2, 0) is 19.1 Å². The van der Waals surface area contributed by atoms with E-state index in [9.17, 15) is 35.9 Å². The summed E-state index contributed by atoms with van der Waals surface area (Å²) in [5.41, 5.74) is 0. The summed E-state index contributed by atoms with van der Waals surface area (Å²) >= 11 is 0. The van der Waals surface area contributed by atoms with Gasteiger partial charge in [0.1, 0.15) is 0 Å². The van der Waals surface area contributed by atoms with Crippen molar-refractivity contribution in [1.29, 1.82) is 0 Å². The molecule has 0 fully saturated rings. The van der Waals surface area contributed by atoms with Crippen LogP contribution in [0.2, 0.25) is 0 Å². The van der Waals surface area contributed by atoms with E-state index < -0.39 is 49.0 Å². The Morgan fingerprint density at radius 1 is 0.800 bits per heavy atom. The van der Waals surface area contributed by atoms with Crippen LogP contribution >= 0.6 is 0 Å². The second kappa shape index (κ2) is 6.80. The molecule has 0 aromatic carbocycles. The minimum Gasteiger partial charge on any atom is -0.469 e. The second-order valence-electron chi connectivity index (χ2n) is 3.90. The van der Waals surface area contributed by atoms with E-state index in [1.807, 2.05) is 0 Å². The molecule has 0 radical (unpaired) electrons. The Morgan fingerprint density at radius 3 is 1.20 bits per heavy atom. The van der Waals surface area contributed by atoms with Crippen LogP contribution in [0.1, 0.15) is 12.8 Å². The van der Waals surface area contributed by atoms with Crippen molar-refractivity contribution in [2.75, 3.05) is 14.2 Å². The molecule has 0 N–H and O–H groups in total. The zero-order valence-corrected chi connectivity index (χ0v) is 10.5. The van der Waals surface area contributed by atoms with Crippen LogP contribution in [0.15, 0.2) is 0 Å². The fraction of sp³-hybridized carbons (Fsp3) is 0.800. The monoisotopic (exact) mass is 310 g/mol. The van der Waals surface area contributed by atoms with E-state index in [2.05, 4.69) is 9.47 Å². The number of carbonyl (C=O) groups excluding carboxylic acids is 2. The molecule has 0 heterocycles. The fourth-order valence-corrected chi connectivity index (χ4v) is 1.58. The van der Waals surface area contributed by atoms with Crippen LogP contribution in [0.4, 0.5) is 26.3 Å². The molecule has 10 heteroatoms. The lowest BCUT2D eigenvalue weighted by atomic mass is 9.86. The van der Waals surface area contributed by atoms with Gasteiger partial charge in [0.2, 0.25) is 0 Å². The van der Waals surface area contributed by atoms with Gasteiger partial charge in [-0.25, -0.2) is 0 Å². The molecule has 2 atom stereocenters. The SMILES string of the molecule is COC(=O)C(CC(F)(F)F)C(CC(F)(F)F)C(=O)OC. The predicted molar refractivity (Wildman–Crippen MR) is 52.4 cm³/mol. The maximum absolute atomic E-state index is 12.3. The van der Waals surface area contributed by atoms with E-state index >= 15 is 0 Å². The zero-order chi connectivity index (χ0) is 16.1. The lowest BCUT2D eigenvalue weighted by Crippen LogP contribution is -2.37. The standard InChI is InChI=1S/C10H12F6O4/c1-19-7(17)5(3-9(11,12)13)6(8(18)20-2)4-10(14,15)16/h5-6H,3-4H2,1-2H3. The molecule has 0 saturated carbocycles. The third kappa shape index (κ3) is 6.62. The van der Waals surface area contributed by atoms with Gasteiger partial charge in [0, 0.05) is 0 Å². The van der Waals surface area contributed by atoms with Crippen molar-refractivity contribution >= 4 is 11.9 Å². The number of esters is 2. The summed E-state index contributed by atoms with van der Waals surface area (Å²) in [4.78, 5) is 22.5. The Hall–Kier alpha value is -1.48. The summed E-state index contributed by atoms with van der Waals surface area (Å²) in [6.07, 6.45) is -13.7. The van der Waals surface area contributed by atoms with Gasteiger partial charge < -0.3 is 9.47 Å². The van der Waals surface area contributed by atoms with E-state index in [1.165, 1.54) is 0 Å². The molecule has 118 valence electrons. The average Bonchev–Trinajstić information content (AvgIpc) is 2.29. The highest BCUT2D eigenvalue weighted by molar-refractivity contribution is 5.82. The Kier molecular flexibility index (Phi) is 6.30. The van der Waals surface area contributed by atoms with E-state index in [-0.39, 0.29) is 0 Å². The van der Waals surface area contributed by atoms with Crippen molar-refractivity contribution in [3.63, 3.8) is 0 Å². The molecule has 0 aliphatic rings. The minimum absolute atomic E-state index is 0.716. The quantitative estimate of drug-likeness (QED) is 0.578. The van der Waals surface area contributed by atoms with Crippen LogP contribution in [0.25, 0.3) is 0 Å². The van der Waals surface area contributed by atoms with Crippen molar-refractivity contribution in [2.24, 2.45) is 11.8 Å². The van der Waals surface area contributed by atoms with Crippen molar-refractivity contribution in [3.8, 4) is 0 Å². The van der Waals surface area contributed by atoms with Crippen molar-refractivity contribution in [2.45, 2.75) is 25.2 Å². The first-order valence-corrected chi connectivity index (χ1v) is 5.20. The molecule has 0 bridgehead atoms. The molecule has 20 heavy (non-hydrogen) atoms. The molecule has 0 aromatic heterocycles. The van der Waals surface area contributed by atoms with Gasteiger partial charge >= 0.3 is 24.3 Å². The Morgan fingerprint density at radius 2 is 1.05 bits per heavy atom. The Bertz CT molecular complexity index is 315. The number of carbonyl (C=O) groups is 2. The van der Waals surface area contributed by atoms with Crippen LogP contribution in [0.5, 0.6) is 0 Å². The molecular weight excluding hydrogens is 298 g/mol. The highest BCUT2D eigenvalue weighted by Crippen LogP contribution is 2.36. The number of hydrogen-bond acceptors (Lipinski definition) is 4. The molecule has 0 rings (SSSR count). The normalized spacial score (nSPS) is 15.4. The average molecular weight is 310 g/mol. The molecule has 0 aliphatic heterocycles. The highest BCUT2D eigenvalue weighted by Gasteiger charge is 2.47. The number of ether oxygens (including phenoxy) is 2. The van der Waals surface area contributed by atoms with Crippen LogP contribution < -0.4 is 0 Å². The van der Waals surface area contributed by atoms with Crippen LogP contribution in [0.3, 0.4) is 0 Å². The van der Waals surface area contributed by atoms with Crippen LogP contribution in [0, 0.1) is 11.8 Å². The van der Waals surface area contributed by atoms with E-state index in [0.717, 1.165) is 0 Å². The van der Waals surface area contributed by atoms with Gasteiger partial charge in [-0.15, -0.1) is 0 Å². The number of halogens is 6. The van der Waals surface area contributed by atoms with Gasteiger partial charge in [-0.05, 0) is 0 Å². The van der Waals surface area contributed by atoms with E-state index in [0.29, 0.717) is 14.2 Å². The molecule has 4 nitrogen and oxygen atoms in total. The largest absolute Gasteiger partial charge is 0.469 e. The summed E-state index contributed by atoms with van der Waals surface area (Å²) in [6.45, 7) is 0. The first kappa shape index (κ1) is 18.5. The van der Waals surface area contributed by atoms with Crippen molar-refractivity contribution < 1.29 is 45.4 Å². The summed E-state index contributed by atoms with van der Waals surface area (Å²) in [5.74, 6) is -7.73. The molecular formula is C10H12F6O4. The number of alkyl halides is 6. The van der Waals surface area contributed by atoms with Gasteiger partial charge in [0.15, 0.2) is 0 Å². The number of hydrogen-bond donors (Lipinski definition) is 0. The Balaban J connectivity index is 5.39. The number of rotatable bonds is 5. The molecule has 2 unspecified atom stereocenters. The molecule has 0 aromatic rings. The maximum atomic E-state index is 12.3. The molecule has 0 saturated heterocycles. The molecule has 0 aliphatic carbocycles. The molecule has 0 amide bonds. The van der Waals surface area contributed by atoms with Gasteiger partial charge in [-0.2, -0.15) is 26.3 Å². The van der Waals surface area contributed by atoms with Gasteiger partial charge in [0.25, 0.3) is 0 Å². The van der Waals surface area contributed by atoms with Crippen LogP contribution in [-0.4, -0.2) is 38.5 Å². The first-order chi connectivity index (χ1) is 8.91. The van der Waals surface area contributed by atoms with Gasteiger partial charge in [-0.3, -0.25) is 9.59 Å². The summed E-state index contributed by atoms with van der Waals surface area (Å²) in [6, 6.07) is 0. The Labute approximate surface area is 110 Å². The maximum Gasteiger partial charge on any atom is 0.389 e. The first-order valence-electron chi connectivity index (χ1n) is 5.20. The highest BCUT2D eigenvalue weighted by atomic mass is 19.4. The topological polar surface area (TPSA) is 52.6 Å².